The van der Waals surface area contributed by atoms with Crippen LogP contribution in [0, 0.1) is 22.2 Å². The number of nitrogens with two attached hydrogens (primary N) is 1. The van der Waals surface area contributed by atoms with Crippen molar-refractivity contribution in [3.63, 3.8) is 0 Å². The third-order valence-electron chi connectivity index (χ3n) is 10.7. The molecule has 10 atom stereocenters. The molecule has 4 bridgehead atoms. The first-order chi connectivity index (χ1) is 18.9. The Morgan fingerprint density at radius 1 is 1.20 bits per heavy atom. The van der Waals surface area contributed by atoms with Crippen molar-refractivity contribution in [3.8, 4) is 5.75 Å². The Morgan fingerprint density at radius 3 is 2.62 bits per heavy atom. The second-order valence-electron chi connectivity index (χ2n) is 12.7. The van der Waals surface area contributed by atoms with Crippen molar-refractivity contribution in [1.82, 2.24) is 0 Å². The summed E-state index contributed by atoms with van der Waals surface area (Å²) in [6.45, 7) is 5.07. The number of fused-ring (bicyclic) bond motifs is 4. The lowest BCUT2D eigenvalue weighted by molar-refractivity contribution is -0.363. The number of alkyl halides is 2. The zero-order valence-electron chi connectivity index (χ0n) is 23.1. The Labute approximate surface area is 232 Å². The van der Waals surface area contributed by atoms with Crippen molar-refractivity contribution in [3.05, 3.63) is 48.6 Å². The molecule has 3 saturated carbocycles. The van der Waals surface area contributed by atoms with E-state index in [1.807, 2.05) is 13.8 Å². The van der Waals surface area contributed by atoms with Gasteiger partial charge in [0.25, 0.3) is 0 Å². The zero-order valence-corrected chi connectivity index (χ0v) is 23.1. The van der Waals surface area contributed by atoms with Crippen molar-refractivity contribution >= 4 is 17.3 Å². The SMILES string of the molecule is CCCC1O[C@H](C(=O)COc2ccc(N)cc2)[C@@]2(C)C[C@]3(O)[C@]4(C)/C=C\C(=O)/C=C\[C@@H](F)C[C@]5([C@@H](C[C@@H]25)O1)[C@@]43F. The van der Waals surface area contributed by atoms with Gasteiger partial charge in [-0.25, -0.2) is 8.78 Å². The fourth-order valence-electron chi connectivity index (χ4n) is 8.77. The van der Waals surface area contributed by atoms with Gasteiger partial charge < -0.3 is 25.1 Å². The van der Waals surface area contributed by atoms with Crippen LogP contribution in [-0.2, 0) is 19.1 Å². The lowest BCUT2D eigenvalue weighted by Crippen LogP contribution is -2.75. The zero-order chi connectivity index (χ0) is 28.7. The van der Waals surface area contributed by atoms with E-state index in [0.717, 1.165) is 12.2 Å². The maximum Gasteiger partial charge on any atom is 0.199 e. The number of carbonyl (C=O) groups is 2. The number of hydrogen-bond donors (Lipinski definition) is 2. The van der Waals surface area contributed by atoms with Crippen LogP contribution in [0.25, 0.3) is 0 Å². The number of anilines is 1. The van der Waals surface area contributed by atoms with Gasteiger partial charge in [0.1, 0.15) is 30.2 Å². The number of ether oxygens (including phenoxy) is 3. The molecule has 1 aromatic carbocycles. The van der Waals surface area contributed by atoms with Gasteiger partial charge in [-0.15, -0.1) is 0 Å². The normalized spacial score (nSPS) is 48.5. The smallest absolute Gasteiger partial charge is 0.199 e. The lowest BCUT2D eigenvalue weighted by Gasteiger charge is -2.69. The number of carbonyl (C=O) groups excluding carboxylic acids is 2. The summed E-state index contributed by atoms with van der Waals surface area (Å²) in [6.07, 6.45) is 1.90. The number of halogens is 2. The third-order valence-corrected chi connectivity index (χ3v) is 10.7. The van der Waals surface area contributed by atoms with E-state index in [4.69, 9.17) is 19.9 Å². The van der Waals surface area contributed by atoms with E-state index in [0.29, 0.717) is 30.7 Å². The largest absolute Gasteiger partial charge is 0.486 e. The second kappa shape index (κ2) is 8.94. The van der Waals surface area contributed by atoms with Gasteiger partial charge in [0.2, 0.25) is 0 Å². The number of aliphatic hydroxyl groups is 1. The lowest BCUT2D eigenvalue weighted by atomic mass is 9.39. The van der Waals surface area contributed by atoms with Crippen molar-refractivity contribution in [2.75, 3.05) is 12.3 Å². The molecular formula is C31H37F2NO6. The molecule has 7 nitrogen and oxygen atoms in total. The molecule has 1 unspecified atom stereocenters. The summed E-state index contributed by atoms with van der Waals surface area (Å²) in [6, 6.07) is 6.65. The minimum absolute atomic E-state index is 0.0911. The average Bonchev–Trinajstić information content (AvgIpc) is 3.28. The number of allylic oxidation sites excluding steroid dienone is 3. The third kappa shape index (κ3) is 3.37. The van der Waals surface area contributed by atoms with Crippen LogP contribution in [0.2, 0.25) is 0 Å². The molecular weight excluding hydrogens is 520 g/mol. The summed E-state index contributed by atoms with van der Waals surface area (Å²) in [7, 11) is 0. The first kappa shape index (κ1) is 27.5. The highest BCUT2D eigenvalue weighted by Gasteiger charge is 2.99. The summed E-state index contributed by atoms with van der Waals surface area (Å²) < 4.78 is 51.8. The molecule has 2 saturated heterocycles. The molecule has 9 heteroatoms. The van der Waals surface area contributed by atoms with Gasteiger partial charge in [-0.3, -0.25) is 9.59 Å². The van der Waals surface area contributed by atoms with Gasteiger partial charge in [0, 0.05) is 16.5 Å². The highest BCUT2D eigenvalue weighted by Crippen LogP contribution is 2.88. The number of ketones is 2. The number of nitrogen functional groups attached to an aromatic ring is 1. The molecule has 0 aromatic heterocycles. The van der Waals surface area contributed by atoms with Gasteiger partial charge in [-0.1, -0.05) is 26.3 Å². The highest BCUT2D eigenvalue weighted by atomic mass is 19.1. The van der Waals surface area contributed by atoms with E-state index in [1.165, 1.54) is 12.2 Å². The van der Waals surface area contributed by atoms with Crippen LogP contribution in [0.3, 0.4) is 0 Å². The Bertz CT molecular complexity index is 1280. The summed E-state index contributed by atoms with van der Waals surface area (Å²) in [5, 5.41) is 12.1. The summed E-state index contributed by atoms with van der Waals surface area (Å²) in [5.74, 6) is -0.898. The number of hydrogen-bond acceptors (Lipinski definition) is 7. The van der Waals surface area contributed by atoms with Crippen LogP contribution in [-0.4, -0.2) is 59.2 Å². The topological polar surface area (TPSA) is 108 Å². The Kier molecular flexibility index (Phi) is 6.15. The van der Waals surface area contributed by atoms with Crippen LogP contribution in [0.15, 0.2) is 48.6 Å². The summed E-state index contributed by atoms with van der Waals surface area (Å²) >= 11 is 0. The fourth-order valence-corrected chi connectivity index (χ4v) is 8.77. The molecule has 216 valence electrons. The maximum absolute atomic E-state index is 17.7. The number of rotatable bonds is 6. The summed E-state index contributed by atoms with van der Waals surface area (Å²) in [5.41, 5.74) is -1.85. The van der Waals surface area contributed by atoms with Crippen molar-refractivity contribution in [2.24, 2.45) is 22.2 Å². The van der Waals surface area contributed by atoms with E-state index in [9.17, 15) is 14.7 Å². The molecule has 4 aliphatic carbocycles. The monoisotopic (exact) mass is 557 g/mol. The van der Waals surface area contributed by atoms with Crippen LogP contribution < -0.4 is 10.5 Å². The van der Waals surface area contributed by atoms with Crippen molar-refractivity contribution in [1.29, 1.82) is 0 Å². The minimum Gasteiger partial charge on any atom is -0.486 e. The summed E-state index contributed by atoms with van der Waals surface area (Å²) in [4.78, 5) is 26.2. The van der Waals surface area contributed by atoms with Crippen LogP contribution >= 0.6 is 0 Å². The molecule has 1 aromatic rings. The van der Waals surface area contributed by atoms with Gasteiger partial charge in [0.05, 0.1) is 11.5 Å². The number of Topliss-reactive ketones (excluding diaryl/α,β-unsaturated/α-hetero) is 1. The molecule has 40 heavy (non-hydrogen) atoms. The molecule has 2 heterocycles. The van der Waals surface area contributed by atoms with Crippen molar-refractivity contribution in [2.45, 2.75) is 88.8 Å². The first-order valence-electron chi connectivity index (χ1n) is 14.1. The van der Waals surface area contributed by atoms with Gasteiger partial charge in [-0.05, 0) is 81.0 Å². The van der Waals surface area contributed by atoms with E-state index in [2.05, 4.69) is 0 Å². The second-order valence-corrected chi connectivity index (χ2v) is 12.7. The van der Waals surface area contributed by atoms with Gasteiger partial charge in [-0.2, -0.15) is 0 Å². The van der Waals surface area contributed by atoms with Crippen LogP contribution in [0.5, 0.6) is 5.75 Å². The molecule has 3 N–H and O–H groups in total. The average molecular weight is 558 g/mol. The van der Waals surface area contributed by atoms with E-state index < -0.39 is 63.9 Å². The molecule has 6 aliphatic rings. The first-order valence-corrected chi connectivity index (χ1v) is 14.1. The molecule has 2 aliphatic heterocycles. The minimum atomic E-state index is -2.26. The van der Waals surface area contributed by atoms with Gasteiger partial charge in [0.15, 0.2) is 23.5 Å². The maximum atomic E-state index is 17.7. The van der Waals surface area contributed by atoms with Crippen molar-refractivity contribution < 1.29 is 37.7 Å². The molecule has 0 amide bonds. The van der Waals surface area contributed by atoms with E-state index >= 15 is 8.78 Å². The predicted molar refractivity (Wildman–Crippen MR) is 143 cm³/mol. The molecule has 5 fully saturated rings. The van der Waals surface area contributed by atoms with Crippen LogP contribution in [0.4, 0.5) is 14.5 Å². The Morgan fingerprint density at radius 2 is 1.93 bits per heavy atom. The standard InChI is InChI=1S/C31H37F2NO6/c1-4-5-25-39-24-14-23-27(2,26(40-25)22(36)16-38-21-10-7-19(34)8-11-21)17-30(37)28(3)13-12-20(35)9-6-18(32)15-29(23,24)31(28,30)33/h6-13,18,23-26,37H,4-5,14-17,34H2,1-3H3/b9-6-,13-12-/t18-,23+,24-,25?,26-,27+,28+,29+,30+,31+/m1/s1. The molecule has 0 radical (unpaired) electrons. The van der Waals surface area contributed by atoms with E-state index in [1.54, 1.807) is 31.2 Å². The molecule has 1 spiro atoms. The van der Waals surface area contributed by atoms with Crippen LogP contribution in [0.1, 0.15) is 52.9 Å². The van der Waals surface area contributed by atoms with E-state index in [-0.39, 0.29) is 25.2 Å². The molecule has 7 rings (SSSR count). The number of benzene rings is 1. The Balaban J connectivity index is 1.44. The highest BCUT2D eigenvalue weighted by molar-refractivity contribution is 5.99. The Hall–Kier alpha value is -2.62. The quantitative estimate of drug-likeness (QED) is 0.499. The fraction of sp³-hybridized carbons (Fsp3) is 0.613. The van der Waals surface area contributed by atoms with Gasteiger partial charge >= 0.3 is 0 Å². The predicted octanol–water partition coefficient (Wildman–Crippen LogP) is 4.43.